The molecule has 6 nitrogen and oxygen atoms in total. The second kappa shape index (κ2) is 7.43. The molecule has 0 radical (unpaired) electrons. The Morgan fingerprint density at radius 2 is 1.76 bits per heavy atom. The molecule has 1 aromatic rings. The van der Waals surface area contributed by atoms with Crippen LogP contribution in [0.4, 0.5) is 0 Å². The van der Waals surface area contributed by atoms with E-state index in [0.29, 0.717) is 11.5 Å². The molecule has 2 atom stereocenters. The third-order valence-electron chi connectivity index (χ3n) is 5.57. The van der Waals surface area contributed by atoms with Crippen molar-refractivity contribution in [2.75, 3.05) is 27.2 Å². The normalized spacial score (nSPS) is 24.2. The fourth-order valence-electron chi connectivity index (χ4n) is 3.98. The van der Waals surface area contributed by atoms with Crippen molar-refractivity contribution in [3.8, 4) is 0 Å². The van der Waals surface area contributed by atoms with Gasteiger partial charge in [0.1, 0.15) is 0 Å². The van der Waals surface area contributed by atoms with Crippen molar-refractivity contribution in [1.29, 1.82) is 0 Å². The Morgan fingerprint density at radius 1 is 1.12 bits per heavy atom. The highest BCUT2D eigenvalue weighted by molar-refractivity contribution is 7.89. The van der Waals surface area contributed by atoms with Gasteiger partial charge < -0.3 is 4.90 Å². The summed E-state index contributed by atoms with van der Waals surface area (Å²) in [5.41, 5.74) is 0.535. The molecule has 0 unspecified atom stereocenters. The summed E-state index contributed by atoms with van der Waals surface area (Å²) in [5, 5.41) is 0. The van der Waals surface area contributed by atoms with Crippen LogP contribution in [0.1, 0.15) is 42.5 Å². The quantitative estimate of drug-likeness (QED) is 0.768. The van der Waals surface area contributed by atoms with Gasteiger partial charge in [-0.25, -0.2) is 8.42 Å². The molecule has 0 bridgehead atoms. The largest absolute Gasteiger partial charge is 0.338 e. The monoisotopic (exact) mass is 366 g/mol. The van der Waals surface area contributed by atoms with Crippen LogP contribution < -0.4 is 0 Å². The zero-order valence-corrected chi connectivity index (χ0v) is 15.7. The lowest BCUT2D eigenvalue weighted by atomic mass is 9.75. The molecule has 1 saturated carbocycles. The molecule has 1 amide bonds. The predicted molar refractivity (Wildman–Crippen MR) is 94.4 cm³/mol. The van der Waals surface area contributed by atoms with E-state index in [9.17, 15) is 13.2 Å². The molecular formula is C18H26N2O4S. The van der Waals surface area contributed by atoms with Gasteiger partial charge in [0.2, 0.25) is 0 Å². The first-order chi connectivity index (χ1) is 11.9. The average Bonchev–Trinajstić information content (AvgIpc) is 2.66. The Balaban J connectivity index is 1.71. The smallest absolute Gasteiger partial charge is 0.264 e. The van der Waals surface area contributed by atoms with Crippen LogP contribution >= 0.6 is 0 Å². The number of carbonyl (C=O) groups excluding carboxylic acids is 1. The number of hydrogen-bond acceptors (Lipinski definition) is 4. The topological polar surface area (TPSA) is 66.9 Å². The third kappa shape index (κ3) is 3.73. The van der Waals surface area contributed by atoms with E-state index in [1.807, 2.05) is 4.90 Å². The third-order valence-corrected chi connectivity index (χ3v) is 7.27. The lowest BCUT2D eigenvalue weighted by Gasteiger charge is -2.41. The highest BCUT2D eigenvalue weighted by Gasteiger charge is 2.33. The maximum Gasteiger partial charge on any atom is 0.264 e. The average molecular weight is 366 g/mol. The molecule has 0 aromatic heterocycles. The number of likely N-dealkylation sites (tertiary alicyclic amines) is 1. The van der Waals surface area contributed by atoms with Crippen molar-refractivity contribution in [2.24, 2.45) is 11.8 Å². The maximum absolute atomic E-state index is 12.8. The number of amides is 1. The zero-order valence-electron chi connectivity index (χ0n) is 14.8. The van der Waals surface area contributed by atoms with E-state index in [1.165, 1.54) is 52.0 Å². The molecule has 3 rings (SSSR count). The SMILES string of the molecule is CON(C)S(=O)(=O)c1ccc(C(=O)N2CC[C@@H]3CCCC[C@@H]3C2)cc1. The Labute approximate surface area is 149 Å². The van der Waals surface area contributed by atoms with Crippen LogP contribution in [0, 0.1) is 11.8 Å². The minimum absolute atomic E-state index is 0.00642. The van der Waals surface area contributed by atoms with Crippen molar-refractivity contribution in [3.05, 3.63) is 29.8 Å². The minimum Gasteiger partial charge on any atom is -0.338 e. The standard InChI is InChI=1S/C18H26N2O4S/c1-19(24-2)25(22,23)17-9-7-15(8-10-17)18(21)20-12-11-14-5-3-4-6-16(14)13-20/h7-10,14,16H,3-6,11-13H2,1-2H3/t14-,16+/m0/s1. The van der Waals surface area contributed by atoms with Crippen LogP contribution in [0.2, 0.25) is 0 Å². The molecule has 1 aromatic carbocycles. The number of hydrogen-bond donors (Lipinski definition) is 0. The van der Waals surface area contributed by atoms with Gasteiger partial charge in [0.25, 0.3) is 15.9 Å². The van der Waals surface area contributed by atoms with Gasteiger partial charge in [-0.2, -0.15) is 0 Å². The second-order valence-electron chi connectivity index (χ2n) is 6.97. The minimum atomic E-state index is -3.69. The van der Waals surface area contributed by atoms with Crippen molar-refractivity contribution in [2.45, 2.75) is 37.0 Å². The van der Waals surface area contributed by atoms with E-state index in [-0.39, 0.29) is 10.8 Å². The van der Waals surface area contributed by atoms with Crippen LogP contribution in [0.15, 0.2) is 29.2 Å². The van der Waals surface area contributed by atoms with Crippen LogP contribution in [0.3, 0.4) is 0 Å². The first kappa shape index (κ1) is 18.4. The molecule has 2 fully saturated rings. The molecule has 2 aliphatic rings. The fraction of sp³-hybridized carbons (Fsp3) is 0.611. The number of carbonyl (C=O) groups is 1. The summed E-state index contributed by atoms with van der Waals surface area (Å²) in [5.74, 6) is 1.39. The van der Waals surface area contributed by atoms with Gasteiger partial charge in [0, 0.05) is 25.7 Å². The fourth-order valence-corrected chi connectivity index (χ4v) is 4.96. The summed E-state index contributed by atoms with van der Waals surface area (Å²) in [4.78, 5) is 19.6. The summed E-state index contributed by atoms with van der Waals surface area (Å²) >= 11 is 0. The number of hydroxylamine groups is 1. The van der Waals surface area contributed by atoms with E-state index in [0.717, 1.165) is 29.9 Å². The summed E-state index contributed by atoms with van der Waals surface area (Å²) in [6.07, 6.45) is 6.19. The van der Waals surface area contributed by atoms with E-state index < -0.39 is 10.0 Å². The van der Waals surface area contributed by atoms with Gasteiger partial charge in [-0.1, -0.05) is 23.7 Å². The van der Waals surface area contributed by atoms with E-state index in [4.69, 9.17) is 4.84 Å². The summed E-state index contributed by atoms with van der Waals surface area (Å²) in [6.45, 7) is 1.63. The molecule has 0 N–H and O–H groups in total. The highest BCUT2D eigenvalue weighted by atomic mass is 32.2. The Bertz CT molecular complexity index is 717. The van der Waals surface area contributed by atoms with Crippen LogP contribution in [-0.2, 0) is 14.9 Å². The molecule has 0 spiro atoms. The highest BCUT2D eigenvalue weighted by Crippen LogP contribution is 2.36. The van der Waals surface area contributed by atoms with Crippen LogP contribution in [0.25, 0.3) is 0 Å². The number of benzene rings is 1. The second-order valence-corrected chi connectivity index (χ2v) is 8.90. The van der Waals surface area contributed by atoms with Gasteiger partial charge in [-0.3, -0.25) is 9.63 Å². The van der Waals surface area contributed by atoms with Crippen molar-refractivity contribution < 1.29 is 18.0 Å². The number of sulfonamides is 1. The van der Waals surface area contributed by atoms with Crippen molar-refractivity contribution >= 4 is 15.9 Å². The zero-order chi connectivity index (χ0) is 18.0. The Morgan fingerprint density at radius 3 is 2.40 bits per heavy atom. The van der Waals surface area contributed by atoms with E-state index >= 15 is 0 Å². The molecule has 25 heavy (non-hydrogen) atoms. The number of nitrogens with zero attached hydrogens (tertiary/aromatic N) is 2. The molecule has 1 saturated heterocycles. The molecule has 1 aliphatic heterocycles. The maximum atomic E-state index is 12.8. The Hall–Kier alpha value is -1.44. The van der Waals surface area contributed by atoms with Gasteiger partial charge in [-0.05, 0) is 48.9 Å². The van der Waals surface area contributed by atoms with E-state index in [2.05, 4.69) is 0 Å². The van der Waals surface area contributed by atoms with Gasteiger partial charge in [-0.15, -0.1) is 0 Å². The van der Waals surface area contributed by atoms with Crippen molar-refractivity contribution in [3.63, 3.8) is 0 Å². The van der Waals surface area contributed by atoms with Crippen molar-refractivity contribution in [1.82, 2.24) is 9.37 Å². The number of piperidine rings is 1. The lowest BCUT2D eigenvalue weighted by molar-refractivity contribution is -0.0258. The molecule has 7 heteroatoms. The molecule has 1 aliphatic carbocycles. The van der Waals surface area contributed by atoms with Crippen LogP contribution in [0.5, 0.6) is 0 Å². The molecule has 1 heterocycles. The van der Waals surface area contributed by atoms with Crippen LogP contribution in [-0.4, -0.2) is 50.9 Å². The molecular weight excluding hydrogens is 340 g/mol. The van der Waals surface area contributed by atoms with Gasteiger partial charge in [0.15, 0.2) is 0 Å². The predicted octanol–water partition coefficient (Wildman–Crippen LogP) is 2.52. The number of rotatable bonds is 4. The Kier molecular flexibility index (Phi) is 5.46. The first-order valence-corrected chi connectivity index (χ1v) is 10.3. The first-order valence-electron chi connectivity index (χ1n) is 8.86. The molecule has 138 valence electrons. The number of fused-ring (bicyclic) bond motifs is 1. The van der Waals surface area contributed by atoms with Gasteiger partial charge in [0.05, 0.1) is 12.0 Å². The lowest BCUT2D eigenvalue weighted by Crippen LogP contribution is -2.44. The summed E-state index contributed by atoms with van der Waals surface area (Å²) in [7, 11) is -1.05. The van der Waals surface area contributed by atoms with E-state index in [1.54, 1.807) is 12.1 Å². The summed E-state index contributed by atoms with van der Waals surface area (Å²) < 4.78 is 25.2. The summed E-state index contributed by atoms with van der Waals surface area (Å²) in [6, 6.07) is 6.11. The van der Waals surface area contributed by atoms with Gasteiger partial charge >= 0.3 is 0 Å².